The first-order valence-corrected chi connectivity index (χ1v) is 12.8. The van der Waals surface area contributed by atoms with Crippen molar-refractivity contribution in [3.63, 3.8) is 0 Å². The molecule has 3 aromatic carbocycles. The van der Waals surface area contributed by atoms with Gasteiger partial charge in [-0.3, -0.25) is 14.9 Å². The number of hydrogen-bond acceptors (Lipinski definition) is 9. The second kappa shape index (κ2) is 12.0. The van der Waals surface area contributed by atoms with Crippen LogP contribution in [0.5, 0.6) is 11.5 Å². The van der Waals surface area contributed by atoms with E-state index in [2.05, 4.69) is 5.10 Å². The highest BCUT2D eigenvalue weighted by Gasteiger charge is 2.24. The molecule has 0 aliphatic carbocycles. The van der Waals surface area contributed by atoms with Gasteiger partial charge in [-0.2, -0.15) is 9.78 Å². The van der Waals surface area contributed by atoms with Gasteiger partial charge in [0.05, 0.1) is 36.3 Å². The van der Waals surface area contributed by atoms with Gasteiger partial charge in [-0.1, -0.05) is 32.0 Å². The summed E-state index contributed by atoms with van der Waals surface area (Å²) in [6, 6.07) is 15.0. The molecule has 0 saturated heterocycles. The lowest BCUT2D eigenvalue weighted by Gasteiger charge is -2.17. The Balaban J connectivity index is 1.96. The van der Waals surface area contributed by atoms with Crippen LogP contribution >= 0.6 is 0 Å². The fraction of sp³-hybridized carbons (Fsp3) is 0.267. The average molecular weight is 559 g/mol. The van der Waals surface area contributed by atoms with E-state index in [4.69, 9.17) is 19.2 Å². The Bertz CT molecular complexity index is 1730. The van der Waals surface area contributed by atoms with Crippen LogP contribution in [0.3, 0.4) is 0 Å². The van der Waals surface area contributed by atoms with Crippen molar-refractivity contribution in [2.45, 2.75) is 39.7 Å². The number of carbonyl (C=O) groups excluding carboxylic acids is 1. The quantitative estimate of drug-likeness (QED) is 0.118. The number of nitro benzene ring substituents is 1. The topological polar surface area (TPSA) is 135 Å². The van der Waals surface area contributed by atoms with Crippen LogP contribution in [0, 0.1) is 17.0 Å². The summed E-state index contributed by atoms with van der Waals surface area (Å²) in [6.45, 7) is 7.38. The Morgan fingerprint density at radius 3 is 2.49 bits per heavy atom. The van der Waals surface area contributed by atoms with Crippen LogP contribution in [0.4, 0.5) is 5.69 Å². The van der Waals surface area contributed by atoms with Crippen LogP contribution in [0.1, 0.15) is 43.4 Å². The SMILES string of the molecule is COC(=O)[C@@H](C)Oc1c(C=Nn2c(-c3cc(C(C)C)c(OC)cc3C)nc3ccccc3c2=O)cccc1[N+](=O)[O-]. The van der Waals surface area contributed by atoms with Crippen molar-refractivity contribution in [1.82, 2.24) is 9.66 Å². The highest BCUT2D eigenvalue weighted by Crippen LogP contribution is 2.34. The molecule has 0 spiro atoms. The van der Waals surface area contributed by atoms with E-state index in [9.17, 15) is 19.7 Å². The number of rotatable bonds is 9. The minimum absolute atomic E-state index is 0.120. The second-order valence-corrected chi connectivity index (χ2v) is 9.61. The first-order valence-electron chi connectivity index (χ1n) is 12.8. The standard InChI is InChI=1S/C30H30N4O7/c1-17(2)22-15-23(18(3)14-26(22)39-5)28-32-24-12-8-7-11-21(24)29(35)33(28)31-16-20-10-9-13-25(34(37)38)27(20)41-19(4)30(36)40-6/h7-17,19H,1-6H3/t19-/m1/s1. The van der Waals surface area contributed by atoms with Crippen LogP contribution in [-0.2, 0) is 9.53 Å². The molecule has 1 aromatic heterocycles. The molecular formula is C30H30N4O7. The zero-order chi connectivity index (χ0) is 29.8. The van der Waals surface area contributed by atoms with Crippen molar-refractivity contribution < 1.29 is 23.9 Å². The number of fused-ring (bicyclic) bond motifs is 1. The third-order valence-electron chi connectivity index (χ3n) is 6.55. The van der Waals surface area contributed by atoms with Crippen LogP contribution in [0.2, 0.25) is 0 Å². The van der Waals surface area contributed by atoms with Crippen LogP contribution in [0.25, 0.3) is 22.3 Å². The van der Waals surface area contributed by atoms with Gasteiger partial charge in [0.25, 0.3) is 5.56 Å². The maximum absolute atomic E-state index is 13.7. The van der Waals surface area contributed by atoms with Crippen LogP contribution < -0.4 is 15.0 Å². The number of methoxy groups -OCH3 is 2. The summed E-state index contributed by atoms with van der Waals surface area (Å²) in [4.78, 5) is 41.7. The van der Waals surface area contributed by atoms with Crippen LogP contribution in [-0.4, -0.2) is 47.1 Å². The lowest BCUT2D eigenvalue weighted by molar-refractivity contribution is -0.386. The van der Waals surface area contributed by atoms with Crippen molar-refractivity contribution in [3.8, 4) is 22.9 Å². The number of benzene rings is 3. The van der Waals surface area contributed by atoms with Crippen molar-refractivity contribution in [2.24, 2.45) is 5.10 Å². The lowest BCUT2D eigenvalue weighted by atomic mass is 9.96. The number of aryl methyl sites for hydroxylation is 1. The normalized spacial score (nSPS) is 12.1. The average Bonchev–Trinajstić information content (AvgIpc) is 2.96. The molecule has 4 rings (SSSR count). The van der Waals surface area contributed by atoms with E-state index < -0.39 is 22.6 Å². The van der Waals surface area contributed by atoms with Gasteiger partial charge < -0.3 is 14.2 Å². The number of nitrogens with zero attached hydrogens (tertiary/aromatic N) is 4. The molecule has 0 amide bonds. The van der Waals surface area contributed by atoms with Crippen molar-refractivity contribution in [1.29, 1.82) is 0 Å². The van der Waals surface area contributed by atoms with Gasteiger partial charge in [0.15, 0.2) is 11.9 Å². The highest BCUT2D eigenvalue weighted by atomic mass is 16.6. The minimum Gasteiger partial charge on any atom is -0.496 e. The molecular weight excluding hydrogens is 528 g/mol. The lowest BCUT2D eigenvalue weighted by Crippen LogP contribution is -2.26. The van der Waals surface area contributed by atoms with E-state index >= 15 is 0 Å². The number of hydrogen-bond donors (Lipinski definition) is 0. The zero-order valence-electron chi connectivity index (χ0n) is 23.6. The maximum atomic E-state index is 13.7. The molecule has 0 bridgehead atoms. The number of esters is 1. The number of carbonyl (C=O) groups is 1. The molecule has 11 nitrogen and oxygen atoms in total. The van der Waals surface area contributed by atoms with Gasteiger partial charge in [0.1, 0.15) is 5.75 Å². The zero-order valence-corrected chi connectivity index (χ0v) is 23.6. The first kappa shape index (κ1) is 28.9. The molecule has 0 saturated carbocycles. The fourth-order valence-electron chi connectivity index (χ4n) is 4.40. The first-order chi connectivity index (χ1) is 19.6. The summed E-state index contributed by atoms with van der Waals surface area (Å²) >= 11 is 0. The van der Waals surface area contributed by atoms with E-state index in [1.807, 2.05) is 32.9 Å². The maximum Gasteiger partial charge on any atom is 0.346 e. The van der Waals surface area contributed by atoms with Crippen LogP contribution in [0.15, 0.2) is 64.5 Å². The highest BCUT2D eigenvalue weighted by molar-refractivity contribution is 5.87. The van der Waals surface area contributed by atoms with Gasteiger partial charge in [-0.05, 0) is 61.2 Å². The molecule has 212 valence electrons. The third-order valence-corrected chi connectivity index (χ3v) is 6.55. The summed E-state index contributed by atoms with van der Waals surface area (Å²) in [5.74, 6) is 0.222. The third kappa shape index (κ3) is 5.79. The molecule has 0 radical (unpaired) electrons. The monoisotopic (exact) mass is 558 g/mol. The largest absolute Gasteiger partial charge is 0.496 e. The van der Waals surface area contributed by atoms with Crippen molar-refractivity contribution in [2.75, 3.05) is 14.2 Å². The number of aromatic nitrogens is 2. The minimum atomic E-state index is -1.13. The Morgan fingerprint density at radius 1 is 1.10 bits per heavy atom. The number of nitro groups is 1. The molecule has 11 heteroatoms. The smallest absolute Gasteiger partial charge is 0.346 e. The van der Waals surface area contributed by atoms with E-state index in [1.165, 1.54) is 38.4 Å². The summed E-state index contributed by atoms with van der Waals surface area (Å²) in [5.41, 5.74) is 2.27. The summed E-state index contributed by atoms with van der Waals surface area (Å²) in [5, 5.41) is 16.6. The van der Waals surface area contributed by atoms with Gasteiger partial charge in [0, 0.05) is 17.2 Å². The molecule has 0 fully saturated rings. The summed E-state index contributed by atoms with van der Waals surface area (Å²) in [6.07, 6.45) is 0.140. The Hall–Kier alpha value is -5.06. The second-order valence-electron chi connectivity index (χ2n) is 9.61. The van der Waals surface area contributed by atoms with Crippen molar-refractivity contribution in [3.05, 3.63) is 91.8 Å². The summed E-state index contributed by atoms with van der Waals surface area (Å²) < 4.78 is 17.1. The van der Waals surface area contributed by atoms with Gasteiger partial charge in [0.2, 0.25) is 5.75 Å². The van der Waals surface area contributed by atoms with E-state index in [1.54, 1.807) is 31.4 Å². The number of para-hydroxylation sites is 2. The molecule has 1 atom stereocenters. The fourth-order valence-corrected chi connectivity index (χ4v) is 4.40. The Labute approximate surface area is 236 Å². The molecule has 1 heterocycles. The predicted molar refractivity (Wildman–Crippen MR) is 155 cm³/mol. The molecule has 41 heavy (non-hydrogen) atoms. The van der Waals surface area contributed by atoms with Gasteiger partial charge in [-0.15, -0.1) is 0 Å². The summed E-state index contributed by atoms with van der Waals surface area (Å²) in [7, 11) is 2.80. The van der Waals surface area contributed by atoms with E-state index in [-0.39, 0.29) is 28.7 Å². The molecule has 0 aliphatic heterocycles. The molecule has 0 N–H and O–H groups in total. The van der Waals surface area contributed by atoms with Gasteiger partial charge in [-0.25, -0.2) is 9.78 Å². The molecule has 0 unspecified atom stereocenters. The van der Waals surface area contributed by atoms with Crippen molar-refractivity contribution >= 4 is 28.8 Å². The molecule has 0 aliphatic rings. The Morgan fingerprint density at radius 2 is 1.83 bits per heavy atom. The number of ether oxygens (including phenoxy) is 3. The Kier molecular flexibility index (Phi) is 8.46. The van der Waals surface area contributed by atoms with E-state index in [0.717, 1.165) is 21.6 Å². The van der Waals surface area contributed by atoms with E-state index in [0.29, 0.717) is 16.5 Å². The molecule has 4 aromatic rings. The predicted octanol–water partition coefficient (Wildman–Crippen LogP) is 5.23. The van der Waals surface area contributed by atoms with Gasteiger partial charge >= 0.3 is 11.7 Å².